The van der Waals surface area contributed by atoms with E-state index in [1.54, 1.807) is 0 Å². The van der Waals surface area contributed by atoms with E-state index < -0.39 is 36.4 Å². The molecule has 0 saturated heterocycles. The maximum Gasteiger partial charge on any atom is 0.313 e. The first-order valence-electron chi connectivity index (χ1n) is 6.90. The summed E-state index contributed by atoms with van der Waals surface area (Å²) in [5.41, 5.74) is 0. The Morgan fingerprint density at radius 3 is 2.64 bits per heavy atom. The highest BCUT2D eigenvalue weighted by molar-refractivity contribution is 9.10. The van der Waals surface area contributed by atoms with Gasteiger partial charge in [-0.05, 0) is 34.3 Å². The number of rotatable bonds is 8. The maximum absolute atomic E-state index is 13.5. The van der Waals surface area contributed by atoms with Crippen molar-refractivity contribution in [2.24, 2.45) is 5.92 Å². The maximum atomic E-state index is 13.5. The molecule has 7 heteroatoms. The predicted molar refractivity (Wildman–Crippen MR) is 77.5 cm³/mol. The Morgan fingerprint density at radius 2 is 2.00 bits per heavy atom. The van der Waals surface area contributed by atoms with Crippen molar-refractivity contribution in [2.75, 3.05) is 13.2 Å². The highest BCUT2D eigenvalue weighted by atomic mass is 79.9. The largest absolute Gasteiger partial charge is 0.482 e. The first kappa shape index (κ1) is 16.9. The van der Waals surface area contributed by atoms with Gasteiger partial charge in [0.25, 0.3) is 0 Å². The Morgan fingerprint density at radius 1 is 1.27 bits per heavy atom. The van der Waals surface area contributed by atoms with Crippen LogP contribution in [0.5, 0.6) is 5.75 Å². The summed E-state index contributed by atoms with van der Waals surface area (Å²) >= 11 is 2.94. The minimum absolute atomic E-state index is 0.0600. The van der Waals surface area contributed by atoms with Crippen LogP contribution in [0, 0.1) is 17.6 Å². The molecule has 22 heavy (non-hydrogen) atoms. The van der Waals surface area contributed by atoms with Crippen LogP contribution >= 0.6 is 15.9 Å². The molecular formula is C15H15BrF2O4. The molecule has 0 aromatic heterocycles. The Hall–Kier alpha value is -1.50. The molecule has 0 N–H and O–H groups in total. The van der Waals surface area contributed by atoms with Crippen LogP contribution in [-0.2, 0) is 14.3 Å². The highest BCUT2D eigenvalue weighted by Crippen LogP contribution is 2.32. The van der Waals surface area contributed by atoms with Crippen LogP contribution < -0.4 is 4.74 Å². The van der Waals surface area contributed by atoms with E-state index in [9.17, 15) is 18.4 Å². The Balaban J connectivity index is 1.73. The molecule has 2 rings (SSSR count). The lowest BCUT2D eigenvalue weighted by atomic mass is 10.3. The van der Waals surface area contributed by atoms with E-state index in [0.29, 0.717) is 18.6 Å². The van der Waals surface area contributed by atoms with Gasteiger partial charge in [-0.3, -0.25) is 9.59 Å². The number of ether oxygens (including phenoxy) is 2. The third-order valence-electron chi connectivity index (χ3n) is 3.17. The van der Waals surface area contributed by atoms with Crippen LogP contribution in [0.25, 0.3) is 0 Å². The second-order valence-corrected chi connectivity index (χ2v) is 6.01. The zero-order valence-electron chi connectivity index (χ0n) is 11.7. The molecule has 120 valence electrons. The van der Waals surface area contributed by atoms with Crippen molar-refractivity contribution in [3.05, 3.63) is 28.2 Å². The minimum atomic E-state index is -0.924. The standard InChI is InChI=1S/C15H15BrF2O4/c16-12-5-10(17)6-13(18)15(12)22-8-11(19)7-14(20)21-4-3-9-1-2-9/h5-6,9H,1-4,7-8H2. The molecule has 0 heterocycles. The fourth-order valence-corrected chi connectivity index (χ4v) is 2.35. The zero-order valence-corrected chi connectivity index (χ0v) is 13.3. The summed E-state index contributed by atoms with van der Waals surface area (Å²) in [6.07, 6.45) is 2.74. The number of ketones is 1. The summed E-state index contributed by atoms with van der Waals surface area (Å²) in [4.78, 5) is 23.0. The van der Waals surface area contributed by atoms with Gasteiger partial charge in [0.05, 0.1) is 11.1 Å². The van der Waals surface area contributed by atoms with Gasteiger partial charge in [-0.15, -0.1) is 0 Å². The molecule has 1 saturated carbocycles. The van der Waals surface area contributed by atoms with E-state index in [0.717, 1.165) is 12.5 Å². The quantitative estimate of drug-likeness (QED) is 0.515. The van der Waals surface area contributed by atoms with E-state index in [-0.39, 0.29) is 10.2 Å². The third-order valence-corrected chi connectivity index (χ3v) is 3.76. The number of carbonyl (C=O) groups excluding carboxylic acids is 2. The van der Waals surface area contributed by atoms with Crippen LogP contribution in [0.3, 0.4) is 0 Å². The number of esters is 1. The van der Waals surface area contributed by atoms with E-state index in [2.05, 4.69) is 15.9 Å². The van der Waals surface area contributed by atoms with Crippen LogP contribution in [0.1, 0.15) is 25.7 Å². The summed E-state index contributed by atoms with van der Waals surface area (Å²) < 4.78 is 36.4. The second kappa shape index (κ2) is 7.67. The van der Waals surface area contributed by atoms with E-state index in [1.807, 2.05) is 0 Å². The van der Waals surface area contributed by atoms with Gasteiger partial charge in [-0.25, -0.2) is 8.78 Å². The van der Waals surface area contributed by atoms with Crippen molar-refractivity contribution in [2.45, 2.75) is 25.7 Å². The van der Waals surface area contributed by atoms with Gasteiger partial charge in [0, 0.05) is 6.07 Å². The van der Waals surface area contributed by atoms with Gasteiger partial charge in [-0.1, -0.05) is 12.8 Å². The number of benzene rings is 1. The van der Waals surface area contributed by atoms with Gasteiger partial charge in [0.2, 0.25) is 0 Å². The second-order valence-electron chi connectivity index (χ2n) is 5.16. The molecule has 0 spiro atoms. The van der Waals surface area contributed by atoms with Crippen molar-refractivity contribution in [3.8, 4) is 5.75 Å². The van der Waals surface area contributed by atoms with E-state index in [1.165, 1.54) is 12.8 Å². The van der Waals surface area contributed by atoms with Gasteiger partial charge in [-0.2, -0.15) is 0 Å². The average Bonchev–Trinajstić information content (AvgIpc) is 3.21. The fraction of sp³-hybridized carbons (Fsp3) is 0.467. The Kier molecular flexibility index (Phi) is 5.88. The summed E-state index contributed by atoms with van der Waals surface area (Å²) in [5, 5.41) is 0. The topological polar surface area (TPSA) is 52.6 Å². The molecule has 0 bridgehead atoms. The third kappa shape index (κ3) is 5.36. The van der Waals surface area contributed by atoms with Crippen molar-refractivity contribution in [1.29, 1.82) is 0 Å². The molecule has 0 amide bonds. The van der Waals surface area contributed by atoms with Crippen molar-refractivity contribution in [1.82, 2.24) is 0 Å². The summed E-state index contributed by atoms with van der Waals surface area (Å²) in [5.74, 6) is -2.46. The van der Waals surface area contributed by atoms with Crippen molar-refractivity contribution < 1.29 is 27.8 Å². The Bertz CT molecular complexity index is 550. The number of hydrogen-bond donors (Lipinski definition) is 0. The first-order valence-corrected chi connectivity index (χ1v) is 7.69. The number of halogens is 3. The van der Waals surface area contributed by atoms with E-state index in [4.69, 9.17) is 9.47 Å². The molecule has 1 aliphatic rings. The minimum Gasteiger partial charge on any atom is -0.482 e. The predicted octanol–water partition coefficient (Wildman–Crippen LogP) is 3.41. The highest BCUT2D eigenvalue weighted by Gasteiger charge is 2.21. The molecular weight excluding hydrogens is 362 g/mol. The summed E-state index contributed by atoms with van der Waals surface area (Å²) in [7, 11) is 0. The molecule has 0 unspecified atom stereocenters. The number of carbonyl (C=O) groups is 2. The molecule has 4 nitrogen and oxygen atoms in total. The molecule has 1 fully saturated rings. The van der Waals surface area contributed by atoms with Crippen molar-refractivity contribution in [3.63, 3.8) is 0 Å². The van der Waals surface area contributed by atoms with E-state index >= 15 is 0 Å². The van der Waals surface area contributed by atoms with Gasteiger partial charge in [0.15, 0.2) is 17.3 Å². The van der Waals surface area contributed by atoms with Crippen LogP contribution in [0.2, 0.25) is 0 Å². The molecule has 1 aliphatic carbocycles. The first-order chi connectivity index (χ1) is 10.5. The van der Waals surface area contributed by atoms with Crippen LogP contribution in [-0.4, -0.2) is 25.0 Å². The van der Waals surface area contributed by atoms with Gasteiger partial charge in [0.1, 0.15) is 18.8 Å². The van der Waals surface area contributed by atoms with Gasteiger partial charge >= 0.3 is 5.97 Å². The number of hydrogen-bond acceptors (Lipinski definition) is 4. The summed E-state index contributed by atoms with van der Waals surface area (Å²) in [6.45, 7) is -0.172. The molecule has 0 aliphatic heterocycles. The van der Waals surface area contributed by atoms with Crippen LogP contribution in [0.15, 0.2) is 16.6 Å². The lowest BCUT2D eigenvalue weighted by Gasteiger charge is -2.09. The monoisotopic (exact) mass is 376 g/mol. The lowest BCUT2D eigenvalue weighted by Crippen LogP contribution is -2.18. The fourth-order valence-electron chi connectivity index (χ4n) is 1.83. The van der Waals surface area contributed by atoms with Gasteiger partial charge < -0.3 is 9.47 Å². The van der Waals surface area contributed by atoms with Crippen LogP contribution in [0.4, 0.5) is 8.78 Å². The number of Topliss-reactive ketones (excluding diaryl/α,β-unsaturated/α-hetero) is 1. The normalized spacial score (nSPS) is 13.8. The Labute approximate surface area is 134 Å². The average molecular weight is 377 g/mol. The lowest BCUT2D eigenvalue weighted by molar-refractivity contribution is -0.146. The zero-order chi connectivity index (χ0) is 16.1. The molecule has 1 aromatic rings. The smallest absolute Gasteiger partial charge is 0.313 e. The van der Waals surface area contributed by atoms with Crippen molar-refractivity contribution >= 4 is 27.7 Å². The molecule has 0 atom stereocenters. The SMILES string of the molecule is O=C(COc1c(F)cc(F)cc1Br)CC(=O)OCCC1CC1. The summed E-state index contributed by atoms with van der Waals surface area (Å²) in [6, 6.07) is 1.67. The molecule has 1 aromatic carbocycles. The molecule has 0 radical (unpaired) electrons.